The van der Waals surface area contributed by atoms with Crippen LogP contribution in [-0.4, -0.2) is 60.0 Å². The second-order valence-corrected chi connectivity index (χ2v) is 10.0. The molecule has 1 spiro atoms. The Morgan fingerprint density at radius 2 is 2.06 bits per heavy atom. The van der Waals surface area contributed by atoms with E-state index in [-0.39, 0.29) is 33.9 Å². The van der Waals surface area contributed by atoms with Crippen molar-refractivity contribution in [3.63, 3.8) is 0 Å². The van der Waals surface area contributed by atoms with Gasteiger partial charge in [-0.15, -0.1) is 0 Å². The van der Waals surface area contributed by atoms with Crippen LogP contribution in [-0.2, 0) is 15.8 Å². The normalized spacial score (nSPS) is 20.3. The number of amides is 1. The van der Waals surface area contributed by atoms with Crippen molar-refractivity contribution in [3.8, 4) is 0 Å². The Morgan fingerprint density at radius 1 is 1.34 bits per heavy atom. The third-order valence-electron chi connectivity index (χ3n) is 6.91. The van der Waals surface area contributed by atoms with Crippen molar-refractivity contribution in [2.75, 3.05) is 31.1 Å². The molecule has 2 unspecified atom stereocenters. The molecule has 2 aliphatic rings. The van der Waals surface area contributed by atoms with Gasteiger partial charge in [0.25, 0.3) is 0 Å². The van der Waals surface area contributed by atoms with Gasteiger partial charge in [0, 0.05) is 44.0 Å². The van der Waals surface area contributed by atoms with E-state index in [1.54, 1.807) is 9.80 Å². The minimum absolute atomic E-state index is 0.0289. The number of rotatable bonds is 10. The number of aliphatic hydroxyl groups excluding tert-OH is 1. The standard InChI is InChI=1S/C25H33ClF3N3O3/c1-17(15-30-11-3-4-23(35)31-13-10-24(8-9-24)22(34)16-31)32(12-7-18(2)33)19-5-6-21(26)20(14-19)25(27,28)29/h5-7,12,14,17,22,30,34H,3-4,8-11,13,15-16H2,1-2H3. The maximum absolute atomic E-state index is 13.3. The lowest BCUT2D eigenvalue weighted by atomic mass is 9.90. The van der Waals surface area contributed by atoms with Crippen LogP contribution in [0.3, 0.4) is 0 Å². The third-order valence-corrected chi connectivity index (χ3v) is 7.24. The van der Waals surface area contributed by atoms with Crippen LogP contribution in [0.25, 0.3) is 0 Å². The molecule has 1 aromatic rings. The molecule has 1 aliphatic heterocycles. The number of allylic oxidation sites excluding steroid dienone is 1. The highest BCUT2D eigenvalue weighted by Gasteiger charge is 2.51. The van der Waals surface area contributed by atoms with Crippen molar-refractivity contribution < 1.29 is 27.9 Å². The number of hydrogen-bond acceptors (Lipinski definition) is 5. The molecule has 1 saturated heterocycles. The lowest BCUT2D eigenvalue weighted by Crippen LogP contribution is -2.47. The SMILES string of the molecule is CC(=O)C=CN(c1ccc(Cl)c(C(F)(F)F)c1)C(C)CNCCCC(=O)N1CCC2(CC2)C(O)C1. The first-order valence-electron chi connectivity index (χ1n) is 11.9. The van der Waals surface area contributed by atoms with E-state index in [1.165, 1.54) is 31.3 Å². The van der Waals surface area contributed by atoms with E-state index in [1.807, 2.05) is 6.92 Å². The number of likely N-dealkylation sites (tertiary alicyclic amines) is 1. The zero-order chi connectivity index (χ0) is 25.8. The van der Waals surface area contributed by atoms with Crippen LogP contribution in [0.4, 0.5) is 18.9 Å². The van der Waals surface area contributed by atoms with Gasteiger partial charge in [0.1, 0.15) is 0 Å². The molecule has 1 saturated carbocycles. The number of carbonyl (C=O) groups is 2. The number of alkyl halides is 3. The van der Waals surface area contributed by atoms with E-state index in [2.05, 4.69) is 5.32 Å². The van der Waals surface area contributed by atoms with Gasteiger partial charge in [0.15, 0.2) is 5.78 Å². The number of carbonyl (C=O) groups excluding carboxylic acids is 2. The summed E-state index contributed by atoms with van der Waals surface area (Å²) in [5.41, 5.74) is -0.616. The number of nitrogens with zero attached hydrogens (tertiary/aromatic N) is 2. The number of ketones is 1. The molecule has 35 heavy (non-hydrogen) atoms. The monoisotopic (exact) mass is 515 g/mol. The number of benzene rings is 1. The Labute approximate surface area is 209 Å². The zero-order valence-electron chi connectivity index (χ0n) is 20.1. The summed E-state index contributed by atoms with van der Waals surface area (Å²) in [6.45, 7) is 5.26. The number of nitrogens with one attached hydrogen (secondary N) is 1. The van der Waals surface area contributed by atoms with E-state index in [9.17, 15) is 27.9 Å². The summed E-state index contributed by atoms with van der Waals surface area (Å²) in [4.78, 5) is 27.3. The number of piperidine rings is 1. The highest BCUT2D eigenvalue weighted by molar-refractivity contribution is 6.31. The van der Waals surface area contributed by atoms with Gasteiger partial charge in [-0.05, 0) is 75.8 Å². The van der Waals surface area contributed by atoms with Crippen LogP contribution in [0, 0.1) is 5.41 Å². The van der Waals surface area contributed by atoms with Crippen LogP contribution in [0.5, 0.6) is 0 Å². The summed E-state index contributed by atoms with van der Waals surface area (Å²) < 4.78 is 40.0. The van der Waals surface area contributed by atoms with Crippen molar-refractivity contribution in [2.24, 2.45) is 5.41 Å². The quantitative estimate of drug-likeness (QED) is 0.357. The number of hydrogen-bond donors (Lipinski definition) is 2. The second kappa shape index (κ2) is 11.3. The van der Waals surface area contributed by atoms with Gasteiger partial charge in [-0.25, -0.2) is 0 Å². The average molecular weight is 516 g/mol. The molecular formula is C25H33ClF3N3O3. The van der Waals surface area contributed by atoms with Gasteiger partial charge in [0.05, 0.1) is 16.7 Å². The predicted octanol–water partition coefficient (Wildman–Crippen LogP) is 4.40. The summed E-state index contributed by atoms with van der Waals surface area (Å²) in [5, 5.41) is 13.1. The van der Waals surface area contributed by atoms with E-state index in [0.29, 0.717) is 39.0 Å². The van der Waals surface area contributed by atoms with Gasteiger partial charge in [-0.1, -0.05) is 11.6 Å². The Balaban J connectivity index is 1.51. The minimum atomic E-state index is -4.60. The molecule has 3 rings (SSSR count). The van der Waals surface area contributed by atoms with Gasteiger partial charge < -0.3 is 20.2 Å². The fourth-order valence-electron chi connectivity index (χ4n) is 4.48. The molecule has 1 heterocycles. The second-order valence-electron chi connectivity index (χ2n) is 9.62. The molecule has 0 aromatic heterocycles. The highest BCUT2D eigenvalue weighted by atomic mass is 35.5. The lowest BCUT2D eigenvalue weighted by Gasteiger charge is -2.36. The van der Waals surface area contributed by atoms with E-state index < -0.39 is 17.8 Å². The molecule has 0 radical (unpaired) electrons. The van der Waals surface area contributed by atoms with Gasteiger partial charge in [-0.3, -0.25) is 9.59 Å². The van der Waals surface area contributed by atoms with E-state index in [0.717, 1.165) is 25.3 Å². The zero-order valence-corrected chi connectivity index (χ0v) is 20.8. The molecule has 6 nitrogen and oxygen atoms in total. The molecule has 2 atom stereocenters. The molecule has 0 bridgehead atoms. The largest absolute Gasteiger partial charge is 0.417 e. The molecule has 1 aromatic carbocycles. The van der Waals surface area contributed by atoms with Crippen molar-refractivity contribution in [1.29, 1.82) is 0 Å². The maximum atomic E-state index is 13.3. The minimum Gasteiger partial charge on any atom is -0.391 e. The maximum Gasteiger partial charge on any atom is 0.417 e. The Hall–Kier alpha value is -2.10. The summed E-state index contributed by atoms with van der Waals surface area (Å²) in [6, 6.07) is 3.37. The number of halogens is 4. The molecule has 194 valence electrons. The Kier molecular flexibility index (Phi) is 8.88. The van der Waals surface area contributed by atoms with Crippen molar-refractivity contribution in [2.45, 2.75) is 64.3 Å². The summed E-state index contributed by atoms with van der Waals surface area (Å²) >= 11 is 5.75. The first kappa shape index (κ1) is 27.5. The highest BCUT2D eigenvalue weighted by Crippen LogP contribution is 2.53. The molecule has 1 aliphatic carbocycles. The fourth-order valence-corrected chi connectivity index (χ4v) is 4.71. The molecular weight excluding hydrogens is 483 g/mol. The first-order valence-corrected chi connectivity index (χ1v) is 12.3. The number of aliphatic hydroxyl groups is 1. The summed E-state index contributed by atoms with van der Waals surface area (Å²) in [6.07, 6.45) is 1.66. The molecule has 10 heteroatoms. The summed E-state index contributed by atoms with van der Waals surface area (Å²) in [7, 11) is 0. The molecule has 2 fully saturated rings. The van der Waals surface area contributed by atoms with Crippen LogP contribution < -0.4 is 10.2 Å². The Morgan fingerprint density at radius 3 is 2.66 bits per heavy atom. The molecule has 1 amide bonds. The smallest absolute Gasteiger partial charge is 0.391 e. The Bertz CT molecular complexity index is 950. The van der Waals surface area contributed by atoms with E-state index >= 15 is 0 Å². The van der Waals surface area contributed by atoms with E-state index in [4.69, 9.17) is 11.6 Å². The van der Waals surface area contributed by atoms with Gasteiger partial charge in [0.2, 0.25) is 5.91 Å². The van der Waals surface area contributed by atoms with Crippen molar-refractivity contribution >= 4 is 29.0 Å². The van der Waals surface area contributed by atoms with Gasteiger partial charge >= 0.3 is 6.18 Å². The fraction of sp³-hybridized carbons (Fsp3) is 0.600. The number of β-amino-alcohol motifs (C(OH)–C–C–N with tert-alkyl or cyclic N) is 1. The van der Waals surface area contributed by atoms with Crippen molar-refractivity contribution in [3.05, 3.63) is 41.1 Å². The van der Waals surface area contributed by atoms with Crippen LogP contribution in [0.2, 0.25) is 5.02 Å². The molecule has 2 N–H and O–H groups in total. The van der Waals surface area contributed by atoms with Crippen molar-refractivity contribution in [1.82, 2.24) is 10.2 Å². The predicted molar refractivity (Wildman–Crippen MR) is 129 cm³/mol. The first-order chi connectivity index (χ1) is 16.4. The third kappa shape index (κ3) is 7.21. The van der Waals surface area contributed by atoms with Crippen LogP contribution in [0.1, 0.15) is 51.5 Å². The number of anilines is 1. The summed E-state index contributed by atoms with van der Waals surface area (Å²) in [5.74, 6) is -0.199. The van der Waals surface area contributed by atoms with Crippen LogP contribution >= 0.6 is 11.6 Å². The average Bonchev–Trinajstić information content (AvgIpc) is 3.56. The topological polar surface area (TPSA) is 72.9 Å². The van der Waals surface area contributed by atoms with Gasteiger partial charge in [-0.2, -0.15) is 13.2 Å². The lowest BCUT2D eigenvalue weighted by molar-refractivity contribution is -0.137. The van der Waals surface area contributed by atoms with Crippen LogP contribution in [0.15, 0.2) is 30.5 Å².